The Morgan fingerprint density at radius 3 is 2.23 bits per heavy atom. The minimum atomic E-state index is -3.91. The molecule has 2 rings (SSSR count). The summed E-state index contributed by atoms with van der Waals surface area (Å²) in [6.45, 7) is 3.82. The smallest absolute Gasteiger partial charge is 0.264 e. The maximum absolute atomic E-state index is 12.3. The minimum absolute atomic E-state index is 0.0562. The van der Waals surface area contributed by atoms with Crippen molar-refractivity contribution in [2.24, 2.45) is 0 Å². The van der Waals surface area contributed by atoms with Crippen molar-refractivity contribution in [1.82, 2.24) is 10.0 Å². The number of hydrogen-bond acceptors (Lipinski definition) is 6. The minimum Gasteiger partial charge on any atom is -0.494 e. The molecule has 3 N–H and O–H groups in total. The fraction of sp³-hybridized carbons (Fsp3) is 0.250. The number of nitrogens with one attached hydrogen (secondary N) is 3. The zero-order valence-corrected chi connectivity index (χ0v) is 18.2. The number of unbranched alkanes of at least 4 members (excludes halogenated alkanes) is 1. The van der Waals surface area contributed by atoms with E-state index in [1.54, 1.807) is 24.3 Å². The van der Waals surface area contributed by atoms with Crippen LogP contribution >= 0.6 is 12.2 Å². The summed E-state index contributed by atoms with van der Waals surface area (Å²) in [5.74, 6) is -0.380. The lowest BCUT2D eigenvalue weighted by atomic mass is 10.2. The standard InChI is InChI=1S/C20H23N3O5S2/c1-3-4-13-28-17-9-5-15(6-10-17)19(25)22-20(29)21-16-7-11-18(12-8-16)30(26,27)23-14(2)24/h5-12H,3-4,13H2,1-2H3,(H,23,24)(H2,21,22,25,29). The number of benzene rings is 2. The van der Waals surface area contributed by atoms with Gasteiger partial charge in [-0.1, -0.05) is 13.3 Å². The summed E-state index contributed by atoms with van der Waals surface area (Å²) < 4.78 is 31.3. The molecule has 30 heavy (non-hydrogen) atoms. The first-order valence-corrected chi connectivity index (χ1v) is 11.1. The Kier molecular flexibility index (Phi) is 8.31. The van der Waals surface area contributed by atoms with E-state index < -0.39 is 21.8 Å². The number of anilines is 1. The van der Waals surface area contributed by atoms with Crippen LogP contribution in [-0.2, 0) is 14.8 Å². The first-order chi connectivity index (χ1) is 14.2. The van der Waals surface area contributed by atoms with Crippen molar-refractivity contribution in [3.63, 3.8) is 0 Å². The van der Waals surface area contributed by atoms with E-state index in [9.17, 15) is 18.0 Å². The largest absolute Gasteiger partial charge is 0.494 e. The number of carbonyl (C=O) groups excluding carboxylic acids is 2. The van der Waals surface area contributed by atoms with Crippen molar-refractivity contribution in [3.05, 3.63) is 54.1 Å². The highest BCUT2D eigenvalue weighted by molar-refractivity contribution is 7.90. The summed E-state index contributed by atoms with van der Waals surface area (Å²) in [6, 6.07) is 12.3. The third kappa shape index (κ3) is 7.12. The first-order valence-electron chi connectivity index (χ1n) is 9.20. The van der Waals surface area contributed by atoms with Gasteiger partial charge in [0.15, 0.2) is 5.11 Å². The number of carbonyl (C=O) groups is 2. The molecule has 0 aliphatic rings. The molecular formula is C20H23N3O5S2. The second-order valence-corrected chi connectivity index (χ2v) is 8.41. The molecule has 160 valence electrons. The number of rotatable bonds is 8. The van der Waals surface area contributed by atoms with E-state index in [4.69, 9.17) is 17.0 Å². The highest BCUT2D eigenvalue weighted by Gasteiger charge is 2.15. The van der Waals surface area contributed by atoms with Gasteiger partial charge in [-0.3, -0.25) is 14.9 Å². The van der Waals surface area contributed by atoms with Gasteiger partial charge in [-0.2, -0.15) is 0 Å². The highest BCUT2D eigenvalue weighted by atomic mass is 32.2. The Morgan fingerprint density at radius 1 is 1.03 bits per heavy atom. The third-order valence-corrected chi connectivity index (χ3v) is 5.46. The highest BCUT2D eigenvalue weighted by Crippen LogP contribution is 2.15. The van der Waals surface area contributed by atoms with E-state index in [0.29, 0.717) is 23.6 Å². The van der Waals surface area contributed by atoms with Gasteiger partial charge in [-0.25, -0.2) is 13.1 Å². The molecule has 0 spiro atoms. The Hall–Kier alpha value is -2.98. The van der Waals surface area contributed by atoms with Crippen LogP contribution in [0.1, 0.15) is 37.0 Å². The molecule has 2 aromatic rings. The van der Waals surface area contributed by atoms with E-state index >= 15 is 0 Å². The Balaban J connectivity index is 1.92. The van der Waals surface area contributed by atoms with Crippen molar-refractivity contribution in [3.8, 4) is 5.75 Å². The van der Waals surface area contributed by atoms with E-state index in [2.05, 4.69) is 17.6 Å². The second-order valence-electron chi connectivity index (χ2n) is 6.32. The molecule has 0 atom stereocenters. The molecule has 0 radical (unpaired) electrons. The number of sulfonamides is 1. The molecule has 2 aromatic carbocycles. The number of thiocarbonyl (C=S) groups is 1. The Labute approximate surface area is 181 Å². The lowest BCUT2D eigenvalue weighted by Crippen LogP contribution is -2.34. The maximum atomic E-state index is 12.3. The van der Waals surface area contributed by atoms with Crippen LogP contribution in [0.4, 0.5) is 5.69 Å². The topological polar surface area (TPSA) is 114 Å². The number of ether oxygens (including phenoxy) is 1. The molecule has 2 amide bonds. The van der Waals surface area contributed by atoms with Crippen molar-refractivity contribution < 1.29 is 22.7 Å². The van der Waals surface area contributed by atoms with Gasteiger partial charge in [-0.15, -0.1) is 0 Å². The molecule has 0 bridgehead atoms. The third-order valence-electron chi connectivity index (χ3n) is 3.81. The summed E-state index contributed by atoms with van der Waals surface area (Å²) in [5, 5.41) is 5.41. The molecule has 0 heterocycles. The molecule has 0 saturated carbocycles. The first kappa shape index (κ1) is 23.3. The Morgan fingerprint density at radius 2 is 1.67 bits per heavy atom. The monoisotopic (exact) mass is 449 g/mol. The van der Waals surface area contributed by atoms with Crippen LogP contribution in [0, 0.1) is 0 Å². The summed E-state index contributed by atoms with van der Waals surface area (Å²) in [4.78, 5) is 23.2. The van der Waals surface area contributed by atoms with E-state index in [-0.39, 0.29) is 10.0 Å². The van der Waals surface area contributed by atoms with Crippen molar-refractivity contribution >= 4 is 44.9 Å². The van der Waals surface area contributed by atoms with Gasteiger partial charge < -0.3 is 10.1 Å². The molecule has 0 aliphatic heterocycles. The fourth-order valence-corrected chi connectivity index (χ4v) is 3.54. The second kappa shape index (κ2) is 10.7. The van der Waals surface area contributed by atoms with E-state index in [1.165, 1.54) is 24.3 Å². The zero-order valence-electron chi connectivity index (χ0n) is 16.6. The van der Waals surface area contributed by atoms with Gasteiger partial charge in [0.1, 0.15) is 5.75 Å². The lowest BCUT2D eigenvalue weighted by Gasteiger charge is -2.11. The molecule has 10 heteroatoms. The molecule has 8 nitrogen and oxygen atoms in total. The zero-order chi connectivity index (χ0) is 22.1. The molecule has 0 aromatic heterocycles. The Bertz CT molecular complexity index is 1000. The van der Waals surface area contributed by atoms with Gasteiger partial charge in [0.05, 0.1) is 11.5 Å². The van der Waals surface area contributed by atoms with Gasteiger partial charge >= 0.3 is 0 Å². The molecule has 0 unspecified atom stereocenters. The van der Waals surface area contributed by atoms with E-state index in [0.717, 1.165) is 19.8 Å². The van der Waals surface area contributed by atoms with Gasteiger partial charge in [0.25, 0.3) is 15.9 Å². The van der Waals surface area contributed by atoms with Crippen LogP contribution in [0.25, 0.3) is 0 Å². The summed E-state index contributed by atoms with van der Waals surface area (Å²) in [5.41, 5.74) is 0.889. The molecule has 0 fully saturated rings. The summed E-state index contributed by atoms with van der Waals surface area (Å²) in [7, 11) is -3.91. The van der Waals surface area contributed by atoms with Gasteiger partial charge in [0.2, 0.25) is 5.91 Å². The van der Waals surface area contributed by atoms with Crippen molar-refractivity contribution in [1.29, 1.82) is 0 Å². The lowest BCUT2D eigenvalue weighted by molar-refractivity contribution is -0.117. The predicted molar refractivity (Wildman–Crippen MR) is 118 cm³/mol. The maximum Gasteiger partial charge on any atom is 0.264 e. The van der Waals surface area contributed by atoms with Crippen LogP contribution in [0.15, 0.2) is 53.4 Å². The van der Waals surface area contributed by atoms with E-state index in [1.807, 2.05) is 4.72 Å². The average Bonchev–Trinajstić information content (AvgIpc) is 2.68. The van der Waals surface area contributed by atoms with Crippen LogP contribution in [0.3, 0.4) is 0 Å². The van der Waals surface area contributed by atoms with Crippen molar-refractivity contribution in [2.45, 2.75) is 31.6 Å². The van der Waals surface area contributed by atoms with Gasteiger partial charge in [0, 0.05) is 18.2 Å². The number of hydrogen-bond donors (Lipinski definition) is 3. The molecular weight excluding hydrogens is 426 g/mol. The van der Waals surface area contributed by atoms with Crippen LogP contribution < -0.4 is 20.1 Å². The summed E-state index contributed by atoms with van der Waals surface area (Å²) in [6.07, 6.45) is 2.00. The number of amides is 2. The average molecular weight is 450 g/mol. The molecule has 0 saturated heterocycles. The normalized spacial score (nSPS) is 10.7. The summed E-state index contributed by atoms with van der Waals surface area (Å²) >= 11 is 5.13. The van der Waals surface area contributed by atoms with Gasteiger partial charge in [-0.05, 0) is 67.2 Å². The quantitative estimate of drug-likeness (QED) is 0.419. The van der Waals surface area contributed by atoms with Crippen LogP contribution in [-0.4, -0.2) is 32.0 Å². The predicted octanol–water partition coefficient (Wildman–Crippen LogP) is 2.82. The van der Waals surface area contributed by atoms with Crippen LogP contribution in [0.5, 0.6) is 5.75 Å². The SMILES string of the molecule is CCCCOc1ccc(C(=O)NC(=S)Nc2ccc(S(=O)(=O)NC(C)=O)cc2)cc1. The fourth-order valence-electron chi connectivity index (χ4n) is 2.34. The van der Waals surface area contributed by atoms with Crippen molar-refractivity contribution in [2.75, 3.05) is 11.9 Å². The molecule has 0 aliphatic carbocycles. The van der Waals surface area contributed by atoms with Crippen LogP contribution in [0.2, 0.25) is 0 Å².